The van der Waals surface area contributed by atoms with E-state index in [2.05, 4.69) is 16.7 Å². The summed E-state index contributed by atoms with van der Waals surface area (Å²) >= 11 is 0. The van der Waals surface area contributed by atoms with Crippen molar-refractivity contribution in [3.8, 4) is 17.6 Å². The van der Waals surface area contributed by atoms with Crippen molar-refractivity contribution in [1.82, 2.24) is 9.79 Å². The first-order chi connectivity index (χ1) is 14.4. The van der Waals surface area contributed by atoms with E-state index >= 15 is 0 Å². The van der Waals surface area contributed by atoms with E-state index in [0.717, 1.165) is 11.4 Å². The molecule has 1 saturated heterocycles. The van der Waals surface area contributed by atoms with Crippen molar-refractivity contribution in [2.45, 2.75) is 6.04 Å². The number of nitrogens with one attached hydrogen (secondary N) is 1. The van der Waals surface area contributed by atoms with Crippen LogP contribution in [0.25, 0.3) is 0 Å². The fourth-order valence-corrected chi connectivity index (χ4v) is 4.68. The first-order valence-electron chi connectivity index (χ1n) is 9.45. The smallest absolute Gasteiger partial charge is 0.216 e. The topological polar surface area (TPSA) is 82.1 Å². The van der Waals surface area contributed by atoms with E-state index in [4.69, 9.17) is 4.74 Å². The van der Waals surface area contributed by atoms with Crippen LogP contribution in [0.1, 0.15) is 5.56 Å². The number of sulfonamides is 1. The van der Waals surface area contributed by atoms with Gasteiger partial charge in [0.1, 0.15) is 17.6 Å². The zero-order valence-electron chi connectivity index (χ0n) is 16.6. The van der Waals surface area contributed by atoms with Gasteiger partial charge >= 0.3 is 0 Å². The normalized spacial score (nSPS) is 15.9. The lowest BCUT2D eigenvalue weighted by atomic mass is 10.2. The number of rotatable bonds is 6. The molecule has 9 heteroatoms. The van der Waals surface area contributed by atoms with E-state index < -0.39 is 27.6 Å². The summed E-state index contributed by atoms with van der Waals surface area (Å²) in [4.78, 5) is 2.10. The molecular formula is C21H24FN3O4S. The molecular weight excluding hydrogens is 409 g/mol. The molecule has 0 radical (unpaired) electrons. The van der Waals surface area contributed by atoms with Gasteiger partial charge < -0.3 is 14.8 Å². The maximum atomic E-state index is 13.7. The monoisotopic (exact) mass is 433 g/mol. The van der Waals surface area contributed by atoms with Gasteiger partial charge in [0.2, 0.25) is 10.0 Å². The summed E-state index contributed by atoms with van der Waals surface area (Å²) < 4.78 is 45.7. The second-order valence-electron chi connectivity index (χ2n) is 6.79. The third-order valence-corrected chi connectivity index (χ3v) is 6.76. The Morgan fingerprint density at radius 1 is 1.13 bits per heavy atom. The fourth-order valence-electron chi connectivity index (χ4n) is 3.17. The van der Waals surface area contributed by atoms with Crippen LogP contribution in [-0.2, 0) is 10.0 Å². The lowest BCUT2D eigenvalue weighted by molar-refractivity contribution is 0.153. The summed E-state index contributed by atoms with van der Waals surface area (Å²) in [5.41, 5.74) is 3.05. The third kappa shape index (κ3) is 5.49. The van der Waals surface area contributed by atoms with Gasteiger partial charge in [0, 0.05) is 31.9 Å². The van der Waals surface area contributed by atoms with Crippen molar-refractivity contribution in [2.75, 3.05) is 43.9 Å². The van der Waals surface area contributed by atoms with E-state index in [1.807, 2.05) is 29.7 Å². The molecule has 0 saturated carbocycles. The Hall–Kier alpha value is -2.64. The minimum Gasteiger partial charge on any atom is -0.497 e. The first-order valence-corrected chi connectivity index (χ1v) is 11.1. The number of hydrogen-bond acceptors (Lipinski definition) is 6. The highest BCUT2D eigenvalue weighted by Gasteiger charge is 2.29. The van der Waals surface area contributed by atoms with Crippen LogP contribution in [0.2, 0.25) is 0 Å². The zero-order valence-corrected chi connectivity index (χ0v) is 17.4. The lowest BCUT2D eigenvalue weighted by Gasteiger charge is -2.35. The second kappa shape index (κ2) is 9.91. The molecule has 2 N–H and O–H groups in total. The van der Waals surface area contributed by atoms with E-state index in [0.29, 0.717) is 26.2 Å². The molecule has 1 aliphatic rings. The average molecular weight is 434 g/mol. The molecule has 1 heterocycles. The van der Waals surface area contributed by atoms with Crippen LogP contribution >= 0.6 is 0 Å². The molecule has 0 aromatic heterocycles. The number of anilines is 1. The standard InChI is InChI=1S/C21H24FN3O4S/c1-29-20-10-8-19(9-11-20)24-12-14-25(15-13-24)30(27,28)16-18(23-26)7-6-17-4-2-3-5-21(17)22/h2-5,8-11,18,23,26H,12-16H2,1H3. The Morgan fingerprint density at radius 2 is 1.80 bits per heavy atom. The van der Waals surface area contributed by atoms with Crippen molar-refractivity contribution in [3.63, 3.8) is 0 Å². The van der Waals surface area contributed by atoms with Gasteiger partial charge in [-0.2, -0.15) is 9.79 Å². The zero-order chi connectivity index (χ0) is 21.6. The van der Waals surface area contributed by atoms with Crippen molar-refractivity contribution in [2.24, 2.45) is 0 Å². The van der Waals surface area contributed by atoms with Gasteiger partial charge in [0.15, 0.2) is 0 Å². The Kier molecular flexibility index (Phi) is 7.29. The molecule has 0 bridgehead atoms. The molecule has 3 rings (SSSR count). The molecule has 7 nitrogen and oxygen atoms in total. The highest BCUT2D eigenvalue weighted by molar-refractivity contribution is 7.89. The van der Waals surface area contributed by atoms with Crippen LogP contribution in [0.3, 0.4) is 0 Å². The second-order valence-corrected chi connectivity index (χ2v) is 8.81. The predicted octanol–water partition coefficient (Wildman–Crippen LogP) is 1.69. The Labute approximate surface area is 176 Å². The molecule has 30 heavy (non-hydrogen) atoms. The van der Waals surface area contributed by atoms with Gasteiger partial charge in [-0.05, 0) is 36.4 Å². The highest BCUT2D eigenvalue weighted by Crippen LogP contribution is 2.21. The number of hydrogen-bond donors (Lipinski definition) is 2. The molecule has 0 aliphatic carbocycles. The fraction of sp³-hybridized carbons (Fsp3) is 0.333. The highest BCUT2D eigenvalue weighted by atomic mass is 32.2. The molecule has 1 fully saturated rings. The van der Waals surface area contributed by atoms with Gasteiger partial charge in [-0.3, -0.25) is 0 Å². The van der Waals surface area contributed by atoms with Crippen LogP contribution in [0, 0.1) is 17.7 Å². The number of benzene rings is 2. The summed E-state index contributed by atoms with van der Waals surface area (Å²) in [7, 11) is -2.05. The average Bonchev–Trinajstić information content (AvgIpc) is 2.77. The van der Waals surface area contributed by atoms with E-state index in [1.54, 1.807) is 19.2 Å². The molecule has 1 aliphatic heterocycles. The van der Waals surface area contributed by atoms with Crippen molar-refractivity contribution < 1.29 is 22.8 Å². The van der Waals surface area contributed by atoms with Crippen LogP contribution in [-0.4, -0.2) is 63.0 Å². The van der Waals surface area contributed by atoms with Gasteiger partial charge in [0.25, 0.3) is 0 Å². The minimum atomic E-state index is -3.66. The summed E-state index contributed by atoms with van der Waals surface area (Å²) in [5.74, 6) is 5.02. The van der Waals surface area contributed by atoms with Crippen molar-refractivity contribution in [3.05, 3.63) is 59.9 Å². The van der Waals surface area contributed by atoms with Crippen molar-refractivity contribution in [1.29, 1.82) is 0 Å². The maximum Gasteiger partial charge on any atom is 0.216 e. The Morgan fingerprint density at radius 3 is 2.40 bits per heavy atom. The molecule has 1 atom stereocenters. The van der Waals surface area contributed by atoms with Gasteiger partial charge in [0.05, 0.1) is 18.4 Å². The number of halogens is 1. The van der Waals surface area contributed by atoms with Crippen LogP contribution < -0.4 is 15.1 Å². The minimum absolute atomic E-state index is 0.142. The van der Waals surface area contributed by atoms with Crippen LogP contribution in [0.5, 0.6) is 5.75 Å². The number of methoxy groups -OCH3 is 1. The summed E-state index contributed by atoms with van der Waals surface area (Å²) in [6, 6.07) is 12.5. The Balaban J connectivity index is 1.61. The van der Waals surface area contributed by atoms with Gasteiger partial charge in [-0.15, -0.1) is 0 Å². The summed E-state index contributed by atoms with van der Waals surface area (Å²) in [5, 5.41) is 9.32. The molecule has 0 amide bonds. The molecule has 160 valence electrons. The Bertz CT molecular complexity index is 1010. The number of nitrogens with zero attached hydrogens (tertiary/aromatic N) is 2. The van der Waals surface area contributed by atoms with Crippen LogP contribution in [0.4, 0.5) is 10.1 Å². The van der Waals surface area contributed by atoms with E-state index in [1.165, 1.54) is 16.4 Å². The molecule has 1 unspecified atom stereocenters. The van der Waals surface area contributed by atoms with Gasteiger partial charge in [-0.25, -0.2) is 12.8 Å². The van der Waals surface area contributed by atoms with Crippen LogP contribution in [0.15, 0.2) is 48.5 Å². The molecule has 2 aromatic carbocycles. The lowest BCUT2D eigenvalue weighted by Crippen LogP contribution is -2.51. The number of ether oxygens (including phenoxy) is 1. The third-order valence-electron chi connectivity index (χ3n) is 4.86. The quantitative estimate of drug-likeness (QED) is 0.533. The number of hydroxylamine groups is 1. The van der Waals surface area contributed by atoms with Crippen molar-refractivity contribution >= 4 is 15.7 Å². The number of piperazine rings is 1. The first kappa shape index (κ1) is 22.1. The largest absolute Gasteiger partial charge is 0.497 e. The summed E-state index contributed by atoms with van der Waals surface area (Å²) in [6.45, 7) is 1.74. The van der Waals surface area contributed by atoms with E-state index in [-0.39, 0.29) is 5.56 Å². The SMILES string of the molecule is COc1ccc(N2CCN(S(=O)(=O)CC(C#Cc3ccccc3F)NO)CC2)cc1. The molecule has 2 aromatic rings. The van der Waals surface area contributed by atoms with Gasteiger partial charge in [-0.1, -0.05) is 24.0 Å². The predicted molar refractivity (Wildman–Crippen MR) is 113 cm³/mol. The molecule has 0 spiro atoms. The summed E-state index contributed by atoms with van der Waals surface area (Å²) in [6.07, 6.45) is 0. The van der Waals surface area contributed by atoms with E-state index in [9.17, 15) is 18.0 Å². The maximum absolute atomic E-state index is 13.7.